The molecule has 2 N–H and O–H groups in total. The van der Waals surface area contributed by atoms with Gasteiger partial charge in [0.15, 0.2) is 0 Å². The maximum atomic E-state index is 5.87. The summed E-state index contributed by atoms with van der Waals surface area (Å²) in [5.74, 6) is 0.508. The molecule has 1 aliphatic heterocycles. The standard InChI is InChI=1S/C18H28N4O/c1-4-16(15(2)3)5-6-17(11-19)22-9-10-23-18(13-22)12-21-8-7-20-14-21/h4-8,11,14-15,18H,9-10,12-13,19H2,1-3H3/b6-5-,16-4+,17-11+. The van der Waals surface area contributed by atoms with Crippen LogP contribution in [0.5, 0.6) is 0 Å². The third-order valence-electron chi connectivity index (χ3n) is 4.09. The van der Waals surface area contributed by atoms with Crippen LogP contribution in [0.25, 0.3) is 0 Å². The van der Waals surface area contributed by atoms with Crippen molar-refractivity contribution in [2.24, 2.45) is 11.7 Å². The predicted octanol–water partition coefficient (Wildman–Crippen LogP) is 2.54. The summed E-state index contributed by atoms with van der Waals surface area (Å²) < 4.78 is 7.92. The quantitative estimate of drug-likeness (QED) is 0.820. The third-order valence-corrected chi connectivity index (χ3v) is 4.09. The highest BCUT2D eigenvalue weighted by Crippen LogP contribution is 2.17. The molecule has 0 radical (unpaired) electrons. The number of morpholine rings is 1. The van der Waals surface area contributed by atoms with E-state index in [1.165, 1.54) is 5.57 Å². The molecule has 0 amide bonds. The fraction of sp³-hybridized carbons (Fsp3) is 0.500. The summed E-state index contributed by atoms with van der Waals surface area (Å²) in [6, 6.07) is 0. The molecule has 0 aliphatic carbocycles. The minimum absolute atomic E-state index is 0.146. The van der Waals surface area contributed by atoms with Crippen molar-refractivity contribution in [3.8, 4) is 0 Å². The molecule has 1 fully saturated rings. The van der Waals surface area contributed by atoms with E-state index in [9.17, 15) is 0 Å². The molecule has 1 saturated heterocycles. The smallest absolute Gasteiger partial charge is 0.0946 e. The van der Waals surface area contributed by atoms with Crippen molar-refractivity contribution in [2.45, 2.75) is 33.4 Å². The van der Waals surface area contributed by atoms with Gasteiger partial charge in [-0.3, -0.25) is 0 Å². The molecule has 0 spiro atoms. The third kappa shape index (κ3) is 4.99. The van der Waals surface area contributed by atoms with Crippen LogP contribution in [-0.4, -0.2) is 40.3 Å². The molecule has 2 heterocycles. The van der Waals surface area contributed by atoms with Gasteiger partial charge in [-0.2, -0.15) is 0 Å². The Hall–Kier alpha value is -2.01. The summed E-state index contributed by atoms with van der Waals surface area (Å²) in [4.78, 5) is 6.36. The van der Waals surface area contributed by atoms with Crippen molar-refractivity contribution < 1.29 is 4.74 Å². The lowest BCUT2D eigenvalue weighted by Crippen LogP contribution is -2.43. The van der Waals surface area contributed by atoms with Crippen molar-refractivity contribution in [2.75, 3.05) is 19.7 Å². The van der Waals surface area contributed by atoms with Crippen molar-refractivity contribution >= 4 is 0 Å². The molecule has 0 aromatic carbocycles. The number of imidazole rings is 1. The Morgan fingerprint density at radius 1 is 1.43 bits per heavy atom. The van der Waals surface area contributed by atoms with Gasteiger partial charge in [-0.15, -0.1) is 0 Å². The van der Waals surface area contributed by atoms with Crippen LogP contribution < -0.4 is 5.73 Å². The van der Waals surface area contributed by atoms with Gasteiger partial charge in [-0.1, -0.05) is 26.0 Å². The second-order valence-corrected chi connectivity index (χ2v) is 6.07. The van der Waals surface area contributed by atoms with Crippen LogP contribution in [0.1, 0.15) is 20.8 Å². The van der Waals surface area contributed by atoms with Gasteiger partial charge in [0.1, 0.15) is 0 Å². The largest absolute Gasteiger partial charge is 0.403 e. The fourth-order valence-corrected chi connectivity index (χ4v) is 2.76. The first kappa shape index (κ1) is 17.3. The molecule has 0 bridgehead atoms. The number of hydrogen-bond donors (Lipinski definition) is 1. The highest BCUT2D eigenvalue weighted by molar-refractivity contribution is 5.28. The Kier molecular flexibility index (Phi) is 6.47. The number of ether oxygens (including phenoxy) is 1. The van der Waals surface area contributed by atoms with E-state index in [1.807, 2.05) is 17.1 Å². The maximum Gasteiger partial charge on any atom is 0.0946 e. The summed E-state index contributed by atoms with van der Waals surface area (Å²) in [7, 11) is 0. The summed E-state index contributed by atoms with van der Waals surface area (Å²) >= 11 is 0. The number of allylic oxidation sites excluding steroid dienone is 4. The lowest BCUT2D eigenvalue weighted by Gasteiger charge is -2.35. The lowest BCUT2D eigenvalue weighted by molar-refractivity contribution is -0.0237. The zero-order valence-corrected chi connectivity index (χ0v) is 14.4. The maximum absolute atomic E-state index is 5.87. The van der Waals surface area contributed by atoms with Crippen LogP contribution >= 0.6 is 0 Å². The Morgan fingerprint density at radius 2 is 2.26 bits per heavy atom. The van der Waals surface area contributed by atoms with Gasteiger partial charge in [0.05, 0.1) is 31.3 Å². The molecule has 1 atom stereocenters. The van der Waals surface area contributed by atoms with Gasteiger partial charge in [0, 0.05) is 31.7 Å². The zero-order valence-electron chi connectivity index (χ0n) is 14.4. The zero-order chi connectivity index (χ0) is 16.7. The Morgan fingerprint density at radius 3 is 2.87 bits per heavy atom. The van der Waals surface area contributed by atoms with E-state index in [-0.39, 0.29) is 6.10 Å². The number of rotatable bonds is 6. The molecule has 126 valence electrons. The van der Waals surface area contributed by atoms with Gasteiger partial charge in [-0.25, -0.2) is 4.98 Å². The number of nitrogens with two attached hydrogens (primary N) is 1. The van der Waals surface area contributed by atoms with Gasteiger partial charge >= 0.3 is 0 Å². The highest BCUT2D eigenvalue weighted by Gasteiger charge is 2.21. The lowest BCUT2D eigenvalue weighted by atomic mass is 10.0. The number of nitrogens with zero attached hydrogens (tertiary/aromatic N) is 3. The molecule has 1 aliphatic rings. The summed E-state index contributed by atoms with van der Waals surface area (Å²) in [6.07, 6.45) is 13.8. The van der Waals surface area contributed by atoms with Gasteiger partial charge in [0.25, 0.3) is 0 Å². The summed E-state index contributed by atoms with van der Waals surface area (Å²) in [5.41, 5.74) is 8.22. The fourth-order valence-electron chi connectivity index (χ4n) is 2.76. The average molecular weight is 316 g/mol. The van der Waals surface area contributed by atoms with E-state index in [0.717, 1.165) is 25.3 Å². The molecule has 1 aromatic rings. The molecular weight excluding hydrogens is 288 g/mol. The second kappa shape index (κ2) is 8.58. The first-order chi connectivity index (χ1) is 11.1. The Labute approximate surface area is 139 Å². The minimum atomic E-state index is 0.146. The first-order valence-corrected chi connectivity index (χ1v) is 8.22. The van der Waals surface area contributed by atoms with Crippen LogP contribution in [-0.2, 0) is 11.3 Å². The van der Waals surface area contributed by atoms with Crippen molar-refractivity contribution in [3.63, 3.8) is 0 Å². The van der Waals surface area contributed by atoms with Gasteiger partial charge < -0.3 is 19.9 Å². The molecule has 23 heavy (non-hydrogen) atoms. The predicted molar refractivity (Wildman–Crippen MR) is 93.5 cm³/mol. The van der Waals surface area contributed by atoms with E-state index in [2.05, 4.69) is 48.9 Å². The second-order valence-electron chi connectivity index (χ2n) is 6.07. The topological polar surface area (TPSA) is 56.3 Å². The Balaban J connectivity index is 1.99. The normalized spacial score (nSPS) is 20.7. The molecule has 1 unspecified atom stereocenters. The molecule has 5 heteroatoms. The monoisotopic (exact) mass is 316 g/mol. The van der Waals surface area contributed by atoms with E-state index in [1.54, 1.807) is 12.4 Å². The van der Waals surface area contributed by atoms with Crippen LogP contribution in [0.15, 0.2) is 54.4 Å². The molecule has 5 nitrogen and oxygen atoms in total. The SMILES string of the molecule is C\C=C(/C=C\C(=C/N)N1CCOC(Cn2ccnc2)C1)C(C)C. The van der Waals surface area contributed by atoms with Crippen LogP contribution in [0, 0.1) is 5.92 Å². The van der Waals surface area contributed by atoms with Crippen LogP contribution in [0.3, 0.4) is 0 Å². The summed E-state index contributed by atoms with van der Waals surface area (Å²) in [5, 5.41) is 0. The van der Waals surface area contributed by atoms with E-state index in [4.69, 9.17) is 10.5 Å². The highest BCUT2D eigenvalue weighted by atomic mass is 16.5. The molecule has 0 saturated carbocycles. The van der Waals surface area contributed by atoms with Gasteiger partial charge in [-0.05, 0) is 24.5 Å². The average Bonchev–Trinajstić information content (AvgIpc) is 3.04. The van der Waals surface area contributed by atoms with Crippen molar-refractivity contribution in [1.82, 2.24) is 14.5 Å². The van der Waals surface area contributed by atoms with Crippen molar-refractivity contribution in [3.05, 3.63) is 54.4 Å². The van der Waals surface area contributed by atoms with Crippen LogP contribution in [0.2, 0.25) is 0 Å². The van der Waals surface area contributed by atoms with Gasteiger partial charge in [0.2, 0.25) is 0 Å². The first-order valence-electron chi connectivity index (χ1n) is 8.22. The molecular formula is C18H28N4O. The molecule has 2 rings (SSSR count). The minimum Gasteiger partial charge on any atom is -0.403 e. The number of hydrogen-bond acceptors (Lipinski definition) is 4. The molecule has 1 aromatic heterocycles. The number of aromatic nitrogens is 2. The van der Waals surface area contributed by atoms with E-state index in [0.29, 0.717) is 12.5 Å². The van der Waals surface area contributed by atoms with Crippen LogP contribution in [0.4, 0.5) is 0 Å². The van der Waals surface area contributed by atoms with E-state index < -0.39 is 0 Å². The Bertz CT molecular complexity index is 558. The van der Waals surface area contributed by atoms with E-state index >= 15 is 0 Å². The van der Waals surface area contributed by atoms with Crippen molar-refractivity contribution in [1.29, 1.82) is 0 Å². The summed E-state index contributed by atoms with van der Waals surface area (Å²) in [6.45, 7) is 9.68.